The van der Waals surface area contributed by atoms with Crippen molar-refractivity contribution in [1.29, 1.82) is 0 Å². The molecule has 9 heteroatoms. The Balaban J connectivity index is 0.000000364. The van der Waals surface area contributed by atoms with Gasteiger partial charge in [0.1, 0.15) is 11.1 Å². The van der Waals surface area contributed by atoms with Crippen LogP contribution in [0.2, 0.25) is 0 Å². The summed E-state index contributed by atoms with van der Waals surface area (Å²) in [6.45, 7) is 0. The van der Waals surface area contributed by atoms with Crippen LogP contribution in [0.25, 0.3) is 0 Å². The molecule has 0 atom stereocenters. The van der Waals surface area contributed by atoms with Gasteiger partial charge in [0.25, 0.3) is 0 Å². The minimum atomic E-state index is -0.354. The van der Waals surface area contributed by atoms with Crippen LogP contribution >= 0.6 is 0 Å². The Hall–Kier alpha value is -2.02. The van der Waals surface area contributed by atoms with Crippen LogP contribution in [0, 0.1) is 12.4 Å². The van der Waals surface area contributed by atoms with Crippen molar-refractivity contribution in [3.8, 4) is 0 Å². The maximum atomic E-state index is 10.9. The average Bonchev–Trinajstić information content (AvgIpc) is 2.43. The third-order valence-electron chi connectivity index (χ3n) is 2.57. The molecule has 2 aromatic rings. The molecule has 0 aliphatic heterocycles. The van der Waals surface area contributed by atoms with Gasteiger partial charge in [0, 0.05) is 0 Å². The van der Waals surface area contributed by atoms with Crippen molar-refractivity contribution in [2.75, 3.05) is 0 Å². The van der Waals surface area contributed by atoms with Gasteiger partial charge in [-0.25, -0.2) is 0 Å². The summed E-state index contributed by atoms with van der Waals surface area (Å²) in [5.41, 5.74) is -1.37. The molecule has 0 bridgehead atoms. The number of aryl methyl sites for hydroxylation is 2. The predicted octanol–water partition coefficient (Wildman–Crippen LogP) is -2.23. The third-order valence-corrected chi connectivity index (χ3v) is 2.57. The quantitative estimate of drug-likeness (QED) is 0.400. The molecule has 2 rings (SSSR count). The second kappa shape index (κ2) is 7.68. The zero-order valence-electron chi connectivity index (χ0n) is 12.3. The first-order valence-corrected chi connectivity index (χ1v) is 5.55. The maximum Gasteiger partial charge on any atom is 2.00 e. The summed E-state index contributed by atoms with van der Waals surface area (Å²) < 4.78 is 4.50. The van der Waals surface area contributed by atoms with Gasteiger partial charge < -0.3 is 37.4 Å². The molecule has 0 saturated carbocycles. The van der Waals surface area contributed by atoms with E-state index in [1.807, 2.05) is 0 Å². The van der Waals surface area contributed by atoms with Crippen molar-refractivity contribution < 1.29 is 19.5 Å². The van der Waals surface area contributed by atoms with Gasteiger partial charge in [-0.1, -0.05) is 24.5 Å². The Labute approximate surface area is 132 Å². The minimum absolute atomic E-state index is 0. The molecule has 0 unspecified atom stereocenters. The summed E-state index contributed by atoms with van der Waals surface area (Å²) in [7, 11) is 5.94. The van der Waals surface area contributed by atoms with Gasteiger partial charge >= 0.3 is 19.5 Å². The van der Waals surface area contributed by atoms with Crippen LogP contribution in [0.1, 0.15) is 0 Å². The smallest absolute Gasteiger partial charge is 0.412 e. The van der Waals surface area contributed by atoms with Gasteiger partial charge in [-0.2, -0.15) is 0 Å². The first-order valence-electron chi connectivity index (χ1n) is 5.55. The summed E-state index contributed by atoms with van der Waals surface area (Å²) in [6, 6.07) is 2.45. The standard InChI is InChI=1S/2C6H7N2O2.Zn/c2*1-7-4-3-5(9)8(2)6(7)10;/h2*3H,1-2H3;/q2*-1;+2. The Morgan fingerprint density at radius 2 is 1.00 bits per heavy atom. The largest absolute Gasteiger partial charge is 2.00 e. The summed E-state index contributed by atoms with van der Waals surface area (Å²) >= 11 is 0. The number of hydrogen-bond donors (Lipinski definition) is 0. The summed E-state index contributed by atoms with van der Waals surface area (Å²) in [6.07, 6.45) is 4.96. The van der Waals surface area contributed by atoms with E-state index in [1.54, 1.807) is 14.1 Å². The monoisotopic (exact) mass is 342 g/mol. The summed E-state index contributed by atoms with van der Waals surface area (Å²) in [5.74, 6) is 0. The second-order valence-corrected chi connectivity index (χ2v) is 4.02. The van der Waals surface area contributed by atoms with E-state index in [0.29, 0.717) is 0 Å². The molecule has 0 radical (unpaired) electrons. The van der Waals surface area contributed by atoms with E-state index in [4.69, 9.17) is 0 Å². The first-order chi connectivity index (χ1) is 9.25. The Morgan fingerprint density at radius 1 is 0.714 bits per heavy atom. The molecule has 0 aliphatic carbocycles. The zero-order valence-corrected chi connectivity index (χ0v) is 15.3. The Bertz CT molecular complexity index is 772. The summed E-state index contributed by atoms with van der Waals surface area (Å²) in [5, 5.41) is 0. The number of aromatic nitrogens is 4. The maximum absolute atomic E-state index is 10.9. The zero-order chi connectivity index (χ0) is 15.4. The van der Waals surface area contributed by atoms with E-state index < -0.39 is 0 Å². The number of nitrogens with zero attached hydrogens (tertiary/aromatic N) is 4. The van der Waals surface area contributed by atoms with E-state index in [2.05, 4.69) is 12.4 Å². The van der Waals surface area contributed by atoms with E-state index in [9.17, 15) is 19.2 Å². The normalized spacial score (nSPS) is 9.33. The van der Waals surface area contributed by atoms with Gasteiger partial charge in [-0.05, 0) is 28.2 Å². The van der Waals surface area contributed by atoms with Gasteiger partial charge in [0.2, 0.25) is 11.4 Å². The van der Waals surface area contributed by atoms with Crippen molar-refractivity contribution in [3.63, 3.8) is 0 Å². The molecule has 0 amide bonds. The van der Waals surface area contributed by atoms with Crippen molar-refractivity contribution in [3.05, 3.63) is 66.2 Å². The fraction of sp³-hybridized carbons (Fsp3) is 0.333. The van der Waals surface area contributed by atoms with Crippen molar-refractivity contribution in [1.82, 2.24) is 18.3 Å². The van der Waals surface area contributed by atoms with Gasteiger partial charge in [0.15, 0.2) is 0 Å². The predicted molar refractivity (Wildman–Crippen MR) is 71.5 cm³/mol. The van der Waals surface area contributed by atoms with E-state index in [0.717, 1.165) is 9.13 Å². The Kier molecular flexibility index (Phi) is 6.95. The van der Waals surface area contributed by atoms with Crippen molar-refractivity contribution in [2.24, 2.45) is 28.2 Å². The van der Waals surface area contributed by atoms with Gasteiger partial charge in [0.05, 0.1) is 0 Å². The van der Waals surface area contributed by atoms with E-state index in [-0.39, 0.29) is 42.0 Å². The van der Waals surface area contributed by atoms with E-state index >= 15 is 0 Å². The molecular formula is C12H14N4O4Zn. The SMILES string of the molecule is Cn1[c-]cc(=O)n(C)c1=O.Cn1[c-]cc(=O)n(C)c1=O.[Zn+2]. The van der Waals surface area contributed by atoms with Crippen LogP contribution in [0.4, 0.5) is 0 Å². The fourth-order valence-electron chi connectivity index (χ4n) is 1.25. The number of rotatable bonds is 0. The molecule has 2 heterocycles. The van der Waals surface area contributed by atoms with E-state index in [1.165, 1.54) is 35.4 Å². The van der Waals surface area contributed by atoms with Gasteiger partial charge in [-0.15, -0.1) is 0 Å². The molecule has 2 aromatic heterocycles. The average molecular weight is 344 g/mol. The second-order valence-electron chi connectivity index (χ2n) is 4.02. The molecule has 0 fully saturated rings. The van der Waals surface area contributed by atoms with Crippen LogP contribution in [0.15, 0.2) is 31.3 Å². The van der Waals surface area contributed by atoms with Crippen molar-refractivity contribution in [2.45, 2.75) is 0 Å². The topological polar surface area (TPSA) is 88.0 Å². The van der Waals surface area contributed by atoms with Crippen LogP contribution in [0.5, 0.6) is 0 Å². The van der Waals surface area contributed by atoms with Crippen LogP contribution in [-0.2, 0) is 47.7 Å². The molecular weight excluding hydrogens is 330 g/mol. The molecule has 108 valence electrons. The van der Waals surface area contributed by atoms with Gasteiger partial charge in [-0.3, -0.25) is 0 Å². The van der Waals surface area contributed by atoms with Crippen LogP contribution in [-0.4, -0.2) is 18.3 Å². The first kappa shape index (κ1) is 19.0. The molecule has 0 spiro atoms. The molecule has 0 aliphatic rings. The molecule has 21 heavy (non-hydrogen) atoms. The van der Waals surface area contributed by atoms with Crippen LogP contribution < -0.4 is 22.5 Å². The van der Waals surface area contributed by atoms with Crippen molar-refractivity contribution >= 4 is 0 Å². The third kappa shape index (κ3) is 4.49. The molecule has 0 N–H and O–H groups in total. The molecule has 8 nitrogen and oxygen atoms in total. The minimum Gasteiger partial charge on any atom is -0.412 e. The fourth-order valence-corrected chi connectivity index (χ4v) is 1.25. The number of hydrogen-bond acceptors (Lipinski definition) is 4. The summed E-state index contributed by atoms with van der Waals surface area (Å²) in [4.78, 5) is 43.2. The van der Waals surface area contributed by atoms with Crippen LogP contribution in [0.3, 0.4) is 0 Å². The molecule has 0 saturated heterocycles. The Morgan fingerprint density at radius 3 is 1.24 bits per heavy atom. The molecule has 0 aromatic carbocycles.